The van der Waals surface area contributed by atoms with E-state index in [1.54, 1.807) is 24.3 Å². The number of halogens is 1. The molecule has 2 amide bonds. The van der Waals surface area contributed by atoms with E-state index < -0.39 is 22.9 Å². The second-order valence-corrected chi connectivity index (χ2v) is 6.52. The zero-order valence-electron chi connectivity index (χ0n) is 13.9. The van der Waals surface area contributed by atoms with Gasteiger partial charge < -0.3 is 9.84 Å². The summed E-state index contributed by atoms with van der Waals surface area (Å²) in [5.74, 6) is -1.55. The topological polar surface area (TPSA) is 83.9 Å². The van der Waals surface area contributed by atoms with Crippen LogP contribution in [-0.4, -0.2) is 28.8 Å². The summed E-state index contributed by atoms with van der Waals surface area (Å²) in [6.07, 6.45) is 1.36. The molecule has 138 valence electrons. The molecule has 0 saturated carbocycles. The molecule has 1 aliphatic rings. The standard InChI is InChI=1S/C19H14FNO5S/c20-13-5-7-14(8-6-13)21-18(24)16(27-19(21)25)11-12-3-1-2-4-15(12)26-10-9-17(22)23/h1-8,11H,9-10H2,(H,22,23)/b16-11+. The van der Waals surface area contributed by atoms with Crippen LogP contribution in [0.25, 0.3) is 6.08 Å². The summed E-state index contributed by atoms with van der Waals surface area (Å²) in [4.78, 5) is 36.7. The molecule has 27 heavy (non-hydrogen) atoms. The van der Waals surface area contributed by atoms with Crippen molar-refractivity contribution in [2.75, 3.05) is 11.5 Å². The highest BCUT2D eigenvalue weighted by molar-refractivity contribution is 8.19. The van der Waals surface area contributed by atoms with Crippen LogP contribution in [0.5, 0.6) is 5.75 Å². The third kappa shape index (κ3) is 4.35. The maximum Gasteiger partial charge on any atom is 0.306 e. The van der Waals surface area contributed by atoms with Gasteiger partial charge in [-0.05, 0) is 48.2 Å². The zero-order chi connectivity index (χ0) is 19.4. The van der Waals surface area contributed by atoms with E-state index in [9.17, 15) is 18.8 Å². The van der Waals surface area contributed by atoms with E-state index in [0.29, 0.717) is 11.3 Å². The van der Waals surface area contributed by atoms with E-state index in [0.717, 1.165) is 16.7 Å². The summed E-state index contributed by atoms with van der Waals surface area (Å²) in [7, 11) is 0. The van der Waals surface area contributed by atoms with Gasteiger partial charge in [-0.25, -0.2) is 9.29 Å². The minimum Gasteiger partial charge on any atom is -0.492 e. The van der Waals surface area contributed by atoms with Gasteiger partial charge in [-0.2, -0.15) is 0 Å². The molecule has 2 aromatic carbocycles. The molecule has 1 saturated heterocycles. The fraction of sp³-hybridized carbons (Fsp3) is 0.105. The van der Waals surface area contributed by atoms with Gasteiger partial charge in [-0.3, -0.25) is 14.4 Å². The lowest BCUT2D eigenvalue weighted by Gasteiger charge is -2.12. The molecular formula is C19H14FNO5S. The number of aliphatic carboxylic acids is 1. The predicted molar refractivity (Wildman–Crippen MR) is 99.0 cm³/mol. The first-order chi connectivity index (χ1) is 13.0. The molecular weight excluding hydrogens is 373 g/mol. The summed E-state index contributed by atoms with van der Waals surface area (Å²) in [6, 6.07) is 11.9. The molecule has 2 aromatic rings. The van der Waals surface area contributed by atoms with Gasteiger partial charge in [0.2, 0.25) is 0 Å². The molecule has 0 bridgehead atoms. The van der Waals surface area contributed by atoms with Crippen molar-refractivity contribution in [2.24, 2.45) is 0 Å². The number of nitrogens with zero attached hydrogens (tertiary/aromatic N) is 1. The third-order valence-corrected chi connectivity index (χ3v) is 4.53. The van der Waals surface area contributed by atoms with Crippen molar-refractivity contribution in [1.29, 1.82) is 0 Å². The first-order valence-corrected chi connectivity index (χ1v) is 8.74. The Bertz CT molecular complexity index is 926. The predicted octanol–water partition coefficient (Wildman–Crippen LogP) is 3.92. The Morgan fingerprint density at radius 2 is 1.85 bits per heavy atom. The molecule has 0 unspecified atom stereocenters. The summed E-state index contributed by atoms with van der Waals surface area (Å²) in [5, 5.41) is 8.22. The smallest absolute Gasteiger partial charge is 0.306 e. The molecule has 1 N–H and O–H groups in total. The van der Waals surface area contributed by atoms with Crippen molar-refractivity contribution < 1.29 is 28.6 Å². The van der Waals surface area contributed by atoms with Gasteiger partial charge >= 0.3 is 5.97 Å². The maximum absolute atomic E-state index is 13.1. The summed E-state index contributed by atoms with van der Waals surface area (Å²) in [5.41, 5.74) is 0.834. The number of para-hydroxylation sites is 1. The van der Waals surface area contributed by atoms with Crippen LogP contribution in [0.4, 0.5) is 14.9 Å². The first-order valence-electron chi connectivity index (χ1n) is 7.93. The van der Waals surface area contributed by atoms with E-state index >= 15 is 0 Å². The van der Waals surface area contributed by atoms with E-state index in [4.69, 9.17) is 9.84 Å². The maximum atomic E-state index is 13.1. The van der Waals surface area contributed by atoms with Gasteiger partial charge in [0.1, 0.15) is 11.6 Å². The molecule has 1 fully saturated rings. The summed E-state index contributed by atoms with van der Waals surface area (Å²) in [6.45, 7) is -0.0166. The fourth-order valence-electron chi connectivity index (χ4n) is 2.40. The molecule has 6 nitrogen and oxygen atoms in total. The van der Waals surface area contributed by atoms with Gasteiger partial charge in [0.25, 0.3) is 11.1 Å². The van der Waals surface area contributed by atoms with Crippen molar-refractivity contribution in [2.45, 2.75) is 6.42 Å². The molecule has 0 aromatic heterocycles. The van der Waals surface area contributed by atoms with Crippen molar-refractivity contribution in [1.82, 2.24) is 0 Å². The van der Waals surface area contributed by atoms with Crippen LogP contribution in [0.3, 0.4) is 0 Å². The Kier molecular flexibility index (Phi) is 5.56. The van der Waals surface area contributed by atoms with Gasteiger partial charge in [0.05, 0.1) is 23.6 Å². The third-order valence-electron chi connectivity index (χ3n) is 3.66. The molecule has 1 aliphatic heterocycles. The number of anilines is 1. The van der Waals surface area contributed by atoms with Gasteiger partial charge in [0, 0.05) is 5.56 Å². The van der Waals surface area contributed by atoms with Gasteiger partial charge in [0.15, 0.2) is 0 Å². The number of amides is 2. The largest absolute Gasteiger partial charge is 0.492 e. The highest BCUT2D eigenvalue weighted by Crippen LogP contribution is 2.36. The average Bonchev–Trinajstić information content (AvgIpc) is 2.91. The van der Waals surface area contributed by atoms with E-state index in [1.165, 1.54) is 30.3 Å². The van der Waals surface area contributed by atoms with Gasteiger partial charge in [-0.1, -0.05) is 18.2 Å². The van der Waals surface area contributed by atoms with Crippen molar-refractivity contribution in [3.8, 4) is 5.75 Å². The van der Waals surface area contributed by atoms with Crippen LogP contribution in [0.15, 0.2) is 53.4 Å². The Morgan fingerprint density at radius 3 is 2.56 bits per heavy atom. The number of carboxylic acid groups (broad SMARTS) is 1. The monoisotopic (exact) mass is 387 g/mol. The zero-order valence-corrected chi connectivity index (χ0v) is 14.7. The fourth-order valence-corrected chi connectivity index (χ4v) is 3.23. The molecule has 0 atom stereocenters. The second-order valence-electron chi connectivity index (χ2n) is 5.52. The van der Waals surface area contributed by atoms with Crippen molar-refractivity contribution in [3.05, 3.63) is 64.8 Å². The van der Waals surface area contributed by atoms with Crippen LogP contribution < -0.4 is 9.64 Å². The lowest BCUT2D eigenvalue weighted by Crippen LogP contribution is -2.27. The van der Waals surface area contributed by atoms with Crippen LogP contribution in [-0.2, 0) is 9.59 Å². The number of ether oxygens (including phenoxy) is 1. The minimum atomic E-state index is -0.979. The lowest BCUT2D eigenvalue weighted by atomic mass is 10.2. The Balaban J connectivity index is 1.84. The molecule has 1 heterocycles. The first kappa shape index (κ1) is 18.7. The SMILES string of the molecule is O=C(O)CCOc1ccccc1/C=C1/SC(=O)N(c2ccc(F)cc2)C1=O. The Hall–Kier alpha value is -3.13. The van der Waals surface area contributed by atoms with Crippen LogP contribution in [0.1, 0.15) is 12.0 Å². The molecule has 0 radical (unpaired) electrons. The summed E-state index contributed by atoms with van der Waals surface area (Å²) >= 11 is 0.768. The number of rotatable bonds is 6. The minimum absolute atomic E-state index is 0.0166. The lowest BCUT2D eigenvalue weighted by molar-refractivity contribution is -0.137. The van der Waals surface area contributed by atoms with Crippen molar-refractivity contribution in [3.63, 3.8) is 0 Å². The number of carbonyl (C=O) groups is 3. The number of carboxylic acids is 1. The quantitative estimate of drug-likeness (QED) is 0.757. The van der Waals surface area contributed by atoms with Crippen LogP contribution in [0, 0.1) is 5.82 Å². The number of imide groups is 1. The van der Waals surface area contributed by atoms with Gasteiger partial charge in [-0.15, -0.1) is 0 Å². The highest BCUT2D eigenvalue weighted by atomic mass is 32.2. The number of hydrogen-bond donors (Lipinski definition) is 1. The van der Waals surface area contributed by atoms with E-state index in [1.807, 2.05) is 0 Å². The van der Waals surface area contributed by atoms with Crippen molar-refractivity contribution >= 4 is 40.6 Å². The van der Waals surface area contributed by atoms with E-state index in [-0.39, 0.29) is 23.6 Å². The summed E-state index contributed by atoms with van der Waals surface area (Å²) < 4.78 is 18.5. The molecule has 3 rings (SSSR count). The number of hydrogen-bond acceptors (Lipinski definition) is 5. The van der Waals surface area contributed by atoms with E-state index in [2.05, 4.69) is 0 Å². The number of carbonyl (C=O) groups excluding carboxylic acids is 2. The Morgan fingerprint density at radius 1 is 1.15 bits per heavy atom. The van der Waals surface area contributed by atoms with Crippen LogP contribution >= 0.6 is 11.8 Å². The molecule has 8 heteroatoms. The highest BCUT2D eigenvalue weighted by Gasteiger charge is 2.36. The number of thioether (sulfide) groups is 1. The molecule has 0 aliphatic carbocycles. The molecule has 0 spiro atoms. The normalized spacial score (nSPS) is 15.4. The van der Waals surface area contributed by atoms with Crippen LogP contribution in [0.2, 0.25) is 0 Å². The number of benzene rings is 2. The average molecular weight is 387 g/mol. The second kappa shape index (κ2) is 8.05. The Labute approximate surface area is 158 Å².